The number of nitrogens with one attached hydrogen (secondary N) is 1. The number of hydrogen-bond acceptors (Lipinski definition) is 2. The van der Waals surface area contributed by atoms with Crippen molar-refractivity contribution in [2.24, 2.45) is 0 Å². The lowest BCUT2D eigenvalue weighted by Crippen LogP contribution is -2.28. The van der Waals surface area contributed by atoms with Crippen molar-refractivity contribution in [1.29, 1.82) is 0 Å². The molecule has 0 aromatic heterocycles. The van der Waals surface area contributed by atoms with E-state index in [2.05, 4.69) is 5.32 Å². The van der Waals surface area contributed by atoms with Crippen molar-refractivity contribution in [3.63, 3.8) is 0 Å². The van der Waals surface area contributed by atoms with Crippen LogP contribution in [0.3, 0.4) is 0 Å². The standard InChI is InChI=1S/C23H16F6N2O2/c1-31(21(33)17-10-3-5-12-19(17)23(27,28)29)15-8-6-7-14(13-15)30-20(32)16-9-2-4-11-18(16)22(24,25)26/h2-13H,1H3,(H,30,32). The van der Waals surface area contributed by atoms with Crippen LogP contribution >= 0.6 is 0 Å². The van der Waals surface area contributed by atoms with Crippen LogP contribution in [0.5, 0.6) is 0 Å². The first-order valence-electron chi connectivity index (χ1n) is 9.41. The number of nitrogens with zero attached hydrogens (tertiary/aromatic N) is 1. The van der Waals surface area contributed by atoms with Crippen LogP contribution in [-0.2, 0) is 12.4 Å². The van der Waals surface area contributed by atoms with Crippen LogP contribution in [0.4, 0.5) is 37.7 Å². The van der Waals surface area contributed by atoms with E-state index < -0.39 is 46.4 Å². The molecule has 0 saturated heterocycles. The molecule has 0 aliphatic carbocycles. The summed E-state index contributed by atoms with van der Waals surface area (Å²) in [6, 6.07) is 14.0. The average molecular weight is 466 g/mol. The fourth-order valence-electron chi connectivity index (χ4n) is 3.13. The molecule has 0 heterocycles. The van der Waals surface area contributed by atoms with Crippen LogP contribution in [0.1, 0.15) is 31.8 Å². The fraction of sp³-hybridized carbons (Fsp3) is 0.130. The predicted molar refractivity (Wildman–Crippen MR) is 110 cm³/mol. The van der Waals surface area contributed by atoms with E-state index in [-0.39, 0.29) is 11.4 Å². The highest BCUT2D eigenvalue weighted by Gasteiger charge is 2.36. The number of hydrogen-bond donors (Lipinski definition) is 1. The van der Waals surface area contributed by atoms with Crippen LogP contribution in [0.25, 0.3) is 0 Å². The smallest absolute Gasteiger partial charge is 0.322 e. The van der Waals surface area contributed by atoms with Gasteiger partial charge in [0.1, 0.15) is 0 Å². The van der Waals surface area contributed by atoms with Gasteiger partial charge < -0.3 is 10.2 Å². The van der Waals surface area contributed by atoms with Gasteiger partial charge in [0.2, 0.25) is 0 Å². The zero-order valence-corrected chi connectivity index (χ0v) is 17.0. The Bertz CT molecular complexity index is 1190. The molecule has 0 aliphatic rings. The highest BCUT2D eigenvalue weighted by Crippen LogP contribution is 2.34. The number of carbonyl (C=O) groups excluding carboxylic acids is 2. The Morgan fingerprint density at radius 3 is 1.82 bits per heavy atom. The number of carbonyl (C=O) groups is 2. The van der Waals surface area contributed by atoms with Crippen molar-refractivity contribution in [2.45, 2.75) is 12.4 Å². The van der Waals surface area contributed by atoms with E-state index in [1.807, 2.05) is 0 Å². The first kappa shape index (κ1) is 23.8. The summed E-state index contributed by atoms with van der Waals surface area (Å²) in [6.07, 6.45) is -9.48. The summed E-state index contributed by atoms with van der Waals surface area (Å²) in [7, 11) is 1.25. The third kappa shape index (κ3) is 5.33. The van der Waals surface area contributed by atoms with Crippen LogP contribution in [0, 0.1) is 0 Å². The van der Waals surface area contributed by atoms with Crippen molar-refractivity contribution in [1.82, 2.24) is 0 Å². The van der Waals surface area contributed by atoms with E-state index in [1.165, 1.54) is 43.4 Å². The third-order valence-corrected chi connectivity index (χ3v) is 4.74. The van der Waals surface area contributed by atoms with Gasteiger partial charge in [-0.3, -0.25) is 9.59 Å². The third-order valence-electron chi connectivity index (χ3n) is 4.74. The molecule has 0 bridgehead atoms. The largest absolute Gasteiger partial charge is 0.417 e. The molecule has 0 radical (unpaired) electrons. The molecule has 3 rings (SSSR count). The van der Waals surface area contributed by atoms with E-state index in [4.69, 9.17) is 0 Å². The van der Waals surface area contributed by atoms with Crippen molar-refractivity contribution in [2.75, 3.05) is 17.3 Å². The van der Waals surface area contributed by atoms with Crippen LogP contribution in [0.2, 0.25) is 0 Å². The van der Waals surface area contributed by atoms with Gasteiger partial charge in [-0.1, -0.05) is 30.3 Å². The number of anilines is 2. The molecular formula is C23H16F6N2O2. The van der Waals surface area contributed by atoms with Gasteiger partial charge in [0, 0.05) is 18.4 Å². The molecule has 172 valence electrons. The zero-order chi connectivity index (χ0) is 24.4. The van der Waals surface area contributed by atoms with Gasteiger partial charge in [-0.05, 0) is 42.5 Å². The van der Waals surface area contributed by atoms with Gasteiger partial charge in [-0.25, -0.2) is 0 Å². The van der Waals surface area contributed by atoms with Gasteiger partial charge in [0.25, 0.3) is 11.8 Å². The average Bonchev–Trinajstić information content (AvgIpc) is 2.77. The first-order valence-corrected chi connectivity index (χ1v) is 9.41. The summed E-state index contributed by atoms with van der Waals surface area (Å²) in [5, 5.41) is 2.32. The molecule has 0 fully saturated rings. The molecule has 4 nitrogen and oxygen atoms in total. The van der Waals surface area contributed by atoms with Gasteiger partial charge in [0.05, 0.1) is 22.3 Å². The van der Waals surface area contributed by atoms with Gasteiger partial charge >= 0.3 is 12.4 Å². The van der Waals surface area contributed by atoms with Crippen LogP contribution < -0.4 is 10.2 Å². The minimum Gasteiger partial charge on any atom is -0.322 e. The molecule has 10 heteroatoms. The minimum atomic E-state index is -4.74. The number of rotatable bonds is 4. The molecule has 3 aromatic carbocycles. The highest BCUT2D eigenvalue weighted by atomic mass is 19.4. The Morgan fingerprint density at radius 1 is 0.727 bits per heavy atom. The van der Waals surface area contributed by atoms with Crippen molar-refractivity contribution in [3.8, 4) is 0 Å². The Balaban J connectivity index is 1.87. The lowest BCUT2D eigenvalue weighted by molar-refractivity contribution is -0.138. The molecule has 0 saturated carbocycles. The number of alkyl halides is 6. The quantitative estimate of drug-likeness (QED) is 0.462. The molecule has 0 aliphatic heterocycles. The molecule has 0 atom stereocenters. The minimum absolute atomic E-state index is 0.0539. The summed E-state index contributed by atoms with van der Waals surface area (Å²) in [4.78, 5) is 26.1. The number of halogens is 6. The van der Waals surface area contributed by atoms with Gasteiger partial charge in [-0.15, -0.1) is 0 Å². The molecule has 0 spiro atoms. The topological polar surface area (TPSA) is 49.4 Å². The summed E-state index contributed by atoms with van der Waals surface area (Å²) in [5.41, 5.74) is -3.21. The van der Waals surface area contributed by atoms with E-state index in [0.29, 0.717) is 0 Å². The van der Waals surface area contributed by atoms with Crippen LogP contribution in [0.15, 0.2) is 72.8 Å². The lowest BCUT2D eigenvalue weighted by atomic mass is 10.1. The summed E-state index contributed by atoms with van der Waals surface area (Å²) < 4.78 is 79.3. The van der Waals surface area contributed by atoms with Gasteiger partial charge in [-0.2, -0.15) is 26.3 Å². The molecule has 33 heavy (non-hydrogen) atoms. The second-order valence-corrected chi connectivity index (χ2v) is 6.96. The SMILES string of the molecule is CN(C(=O)c1ccccc1C(F)(F)F)c1cccc(NC(=O)c2ccccc2C(F)(F)F)c1. The van der Waals surface area contributed by atoms with Crippen LogP contribution in [-0.4, -0.2) is 18.9 Å². The highest BCUT2D eigenvalue weighted by molar-refractivity contribution is 6.08. The Labute approximate surface area is 184 Å². The van der Waals surface area contributed by atoms with Crippen molar-refractivity contribution in [3.05, 3.63) is 95.1 Å². The summed E-state index contributed by atoms with van der Waals surface area (Å²) in [5.74, 6) is -1.98. The molecule has 3 aromatic rings. The number of amides is 2. The molecule has 2 amide bonds. The van der Waals surface area contributed by atoms with Crippen molar-refractivity contribution < 1.29 is 35.9 Å². The maximum Gasteiger partial charge on any atom is 0.417 e. The predicted octanol–water partition coefficient (Wildman–Crippen LogP) is 6.25. The van der Waals surface area contributed by atoms with Gasteiger partial charge in [0.15, 0.2) is 0 Å². The Morgan fingerprint density at radius 2 is 1.24 bits per heavy atom. The molecular weight excluding hydrogens is 450 g/mol. The second kappa shape index (κ2) is 8.97. The zero-order valence-electron chi connectivity index (χ0n) is 17.0. The van der Waals surface area contributed by atoms with E-state index >= 15 is 0 Å². The summed E-state index contributed by atoms with van der Waals surface area (Å²) >= 11 is 0. The number of benzene rings is 3. The van der Waals surface area contributed by atoms with E-state index in [1.54, 1.807) is 0 Å². The fourth-order valence-corrected chi connectivity index (χ4v) is 3.13. The Hall–Kier alpha value is -3.82. The first-order chi connectivity index (χ1) is 15.4. The molecule has 0 unspecified atom stereocenters. The van der Waals surface area contributed by atoms with E-state index in [9.17, 15) is 35.9 Å². The lowest BCUT2D eigenvalue weighted by Gasteiger charge is -2.21. The normalized spacial score (nSPS) is 11.7. The monoisotopic (exact) mass is 466 g/mol. The van der Waals surface area contributed by atoms with Crippen molar-refractivity contribution >= 4 is 23.2 Å². The van der Waals surface area contributed by atoms with E-state index in [0.717, 1.165) is 41.3 Å². The summed E-state index contributed by atoms with van der Waals surface area (Å²) in [6.45, 7) is 0. The Kier molecular flexibility index (Phi) is 6.48. The molecule has 1 N–H and O–H groups in total. The maximum absolute atomic E-state index is 13.3. The maximum atomic E-state index is 13.3. The second-order valence-electron chi connectivity index (χ2n) is 6.96.